The van der Waals surface area contributed by atoms with Gasteiger partial charge in [-0.05, 0) is 56.2 Å². The molecule has 0 atom stereocenters. The van der Waals surface area contributed by atoms with Crippen molar-refractivity contribution in [2.24, 2.45) is 10.4 Å². The lowest BCUT2D eigenvalue weighted by atomic mass is 9.83. The minimum Gasteiger partial charge on any atom is -0.382 e. The highest BCUT2D eigenvalue weighted by molar-refractivity contribution is 5.79. The quantitative estimate of drug-likeness (QED) is 0.403. The van der Waals surface area contributed by atoms with Gasteiger partial charge in [0.25, 0.3) is 0 Å². The molecule has 1 aliphatic carbocycles. The average molecular weight is 357 g/mol. The standard InChI is InChI=1S/C21H32N4O/c1-3-23-20(24-16-19-9-7-8-18(14-19)15-22)25-17-21(10-5-6-11-21)12-13-26-4-2/h7-9,14H,3-6,10-13,16-17H2,1-2H3,(H2,23,24,25). The van der Waals surface area contributed by atoms with Crippen LogP contribution in [0.3, 0.4) is 0 Å². The Labute approximate surface area is 157 Å². The molecule has 0 radical (unpaired) electrons. The molecule has 1 aromatic rings. The van der Waals surface area contributed by atoms with Gasteiger partial charge in [-0.2, -0.15) is 5.26 Å². The van der Waals surface area contributed by atoms with Gasteiger partial charge in [-0.25, -0.2) is 4.99 Å². The summed E-state index contributed by atoms with van der Waals surface area (Å²) in [5.74, 6) is 0.845. The van der Waals surface area contributed by atoms with E-state index < -0.39 is 0 Å². The Morgan fingerprint density at radius 3 is 2.77 bits per heavy atom. The van der Waals surface area contributed by atoms with Crippen LogP contribution in [-0.2, 0) is 11.3 Å². The zero-order valence-corrected chi connectivity index (χ0v) is 16.2. The van der Waals surface area contributed by atoms with Crippen LogP contribution in [0.4, 0.5) is 0 Å². The smallest absolute Gasteiger partial charge is 0.191 e. The Balaban J connectivity index is 1.96. The largest absolute Gasteiger partial charge is 0.382 e. The van der Waals surface area contributed by atoms with Gasteiger partial charge in [-0.3, -0.25) is 0 Å². The van der Waals surface area contributed by atoms with E-state index in [0.29, 0.717) is 17.5 Å². The van der Waals surface area contributed by atoms with E-state index in [0.717, 1.165) is 44.2 Å². The summed E-state index contributed by atoms with van der Waals surface area (Å²) in [7, 11) is 0. The van der Waals surface area contributed by atoms with Crippen LogP contribution in [0.5, 0.6) is 0 Å². The molecule has 0 aliphatic heterocycles. The zero-order chi connectivity index (χ0) is 18.7. The Morgan fingerprint density at radius 1 is 1.27 bits per heavy atom. The van der Waals surface area contributed by atoms with E-state index in [1.54, 1.807) is 0 Å². The van der Waals surface area contributed by atoms with Crippen LogP contribution in [-0.4, -0.2) is 32.3 Å². The van der Waals surface area contributed by atoms with Gasteiger partial charge >= 0.3 is 0 Å². The summed E-state index contributed by atoms with van der Waals surface area (Å²) in [6.45, 7) is 8.09. The SMILES string of the molecule is CCNC(=NCc1cccc(C#N)c1)NCC1(CCOCC)CCCC1. The number of nitrogens with zero attached hydrogens (tertiary/aromatic N) is 2. The first-order valence-electron chi connectivity index (χ1n) is 9.80. The number of guanidine groups is 1. The van der Waals surface area contributed by atoms with Gasteiger partial charge in [0, 0.05) is 26.3 Å². The molecular formula is C21H32N4O. The van der Waals surface area contributed by atoms with Crippen LogP contribution in [0.25, 0.3) is 0 Å². The fourth-order valence-electron chi connectivity index (χ4n) is 3.60. The normalized spacial score (nSPS) is 16.3. The van der Waals surface area contributed by atoms with Gasteiger partial charge in [0.1, 0.15) is 0 Å². The molecular weight excluding hydrogens is 324 g/mol. The van der Waals surface area contributed by atoms with Gasteiger partial charge in [0.2, 0.25) is 0 Å². The van der Waals surface area contributed by atoms with Crippen molar-refractivity contribution in [1.82, 2.24) is 10.6 Å². The topological polar surface area (TPSA) is 69.4 Å². The number of hydrogen-bond acceptors (Lipinski definition) is 3. The summed E-state index contributed by atoms with van der Waals surface area (Å²) < 4.78 is 5.60. The molecule has 0 amide bonds. The third-order valence-electron chi connectivity index (χ3n) is 5.10. The van der Waals surface area contributed by atoms with Crippen LogP contribution >= 0.6 is 0 Å². The van der Waals surface area contributed by atoms with E-state index in [1.165, 1.54) is 25.7 Å². The number of benzene rings is 1. The van der Waals surface area contributed by atoms with Crippen LogP contribution in [0.15, 0.2) is 29.3 Å². The van der Waals surface area contributed by atoms with Crippen LogP contribution in [0.1, 0.15) is 57.1 Å². The molecule has 1 fully saturated rings. The van der Waals surface area contributed by atoms with E-state index in [4.69, 9.17) is 15.0 Å². The summed E-state index contributed by atoms with van der Waals surface area (Å²) in [5, 5.41) is 15.9. The number of rotatable bonds is 9. The molecule has 0 unspecified atom stereocenters. The molecule has 5 heteroatoms. The molecule has 0 spiro atoms. The highest BCUT2D eigenvalue weighted by atomic mass is 16.5. The van der Waals surface area contributed by atoms with E-state index in [1.807, 2.05) is 24.3 Å². The predicted octanol–water partition coefficient (Wildman–Crippen LogP) is 3.60. The Hall–Kier alpha value is -2.06. The molecule has 2 rings (SSSR count). The first kappa shape index (κ1) is 20.3. The first-order valence-corrected chi connectivity index (χ1v) is 9.80. The number of nitrogens with one attached hydrogen (secondary N) is 2. The third-order valence-corrected chi connectivity index (χ3v) is 5.10. The van der Waals surface area contributed by atoms with Crippen molar-refractivity contribution >= 4 is 5.96 Å². The molecule has 0 saturated heterocycles. The van der Waals surface area contributed by atoms with Crippen molar-refractivity contribution in [3.8, 4) is 6.07 Å². The molecule has 1 saturated carbocycles. The molecule has 1 aliphatic rings. The Bertz CT molecular complexity index is 615. The second-order valence-electron chi connectivity index (χ2n) is 7.01. The zero-order valence-electron chi connectivity index (χ0n) is 16.2. The molecule has 5 nitrogen and oxygen atoms in total. The third kappa shape index (κ3) is 6.34. The molecule has 0 aromatic heterocycles. The summed E-state index contributed by atoms with van der Waals surface area (Å²) >= 11 is 0. The lowest BCUT2D eigenvalue weighted by Crippen LogP contribution is -2.43. The molecule has 2 N–H and O–H groups in total. The lowest BCUT2D eigenvalue weighted by Gasteiger charge is -2.30. The second kappa shape index (κ2) is 10.8. The predicted molar refractivity (Wildman–Crippen MR) is 106 cm³/mol. The number of hydrogen-bond donors (Lipinski definition) is 2. The number of nitriles is 1. The minimum atomic E-state index is 0.325. The summed E-state index contributed by atoms with van der Waals surface area (Å²) in [6, 6.07) is 9.81. The number of ether oxygens (including phenoxy) is 1. The maximum Gasteiger partial charge on any atom is 0.191 e. The van der Waals surface area contributed by atoms with Gasteiger partial charge < -0.3 is 15.4 Å². The van der Waals surface area contributed by atoms with Crippen LogP contribution in [0, 0.1) is 16.7 Å². The van der Waals surface area contributed by atoms with Gasteiger partial charge in [-0.15, -0.1) is 0 Å². The maximum absolute atomic E-state index is 9.03. The van der Waals surface area contributed by atoms with Crippen LogP contribution < -0.4 is 10.6 Å². The molecule has 0 bridgehead atoms. The first-order chi connectivity index (χ1) is 12.7. The molecule has 26 heavy (non-hydrogen) atoms. The second-order valence-corrected chi connectivity index (χ2v) is 7.01. The van der Waals surface area contributed by atoms with Crippen molar-refractivity contribution < 1.29 is 4.74 Å². The fraction of sp³-hybridized carbons (Fsp3) is 0.619. The summed E-state index contributed by atoms with van der Waals surface area (Å²) in [5.41, 5.74) is 2.05. The highest BCUT2D eigenvalue weighted by Gasteiger charge is 2.33. The fourth-order valence-corrected chi connectivity index (χ4v) is 3.60. The van der Waals surface area contributed by atoms with E-state index in [-0.39, 0.29) is 0 Å². The Kier molecular flexibility index (Phi) is 8.43. The molecule has 0 heterocycles. The monoisotopic (exact) mass is 356 g/mol. The highest BCUT2D eigenvalue weighted by Crippen LogP contribution is 2.40. The van der Waals surface area contributed by atoms with E-state index in [2.05, 4.69) is 30.6 Å². The van der Waals surface area contributed by atoms with Gasteiger partial charge in [0.05, 0.1) is 18.2 Å². The lowest BCUT2D eigenvalue weighted by molar-refractivity contribution is 0.105. The molecule has 142 valence electrons. The van der Waals surface area contributed by atoms with Crippen molar-refractivity contribution in [3.63, 3.8) is 0 Å². The van der Waals surface area contributed by atoms with E-state index in [9.17, 15) is 0 Å². The summed E-state index contributed by atoms with van der Waals surface area (Å²) in [4.78, 5) is 4.70. The van der Waals surface area contributed by atoms with Gasteiger partial charge in [-0.1, -0.05) is 25.0 Å². The van der Waals surface area contributed by atoms with Crippen molar-refractivity contribution in [2.75, 3.05) is 26.3 Å². The average Bonchev–Trinajstić information content (AvgIpc) is 3.13. The van der Waals surface area contributed by atoms with Crippen molar-refractivity contribution in [1.29, 1.82) is 5.26 Å². The van der Waals surface area contributed by atoms with E-state index >= 15 is 0 Å². The molecule has 1 aromatic carbocycles. The summed E-state index contributed by atoms with van der Waals surface area (Å²) in [6.07, 6.45) is 6.25. The number of aliphatic imine (C=N–C) groups is 1. The van der Waals surface area contributed by atoms with Crippen LogP contribution in [0.2, 0.25) is 0 Å². The maximum atomic E-state index is 9.03. The van der Waals surface area contributed by atoms with Crippen molar-refractivity contribution in [3.05, 3.63) is 35.4 Å². The minimum absolute atomic E-state index is 0.325. The van der Waals surface area contributed by atoms with Crippen molar-refractivity contribution in [2.45, 2.75) is 52.5 Å². The van der Waals surface area contributed by atoms with Gasteiger partial charge in [0.15, 0.2) is 5.96 Å². The Morgan fingerprint density at radius 2 is 2.08 bits per heavy atom.